The van der Waals surface area contributed by atoms with Crippen molar-refractivity contribution in [3.63, 3.8) is 0 Å². The molecular formula is C22H32N4O4. The molecule has 3 rings (SSSR count). The number of ether oxygens (including phenoxy) is 2. The molecule has 1 aliphatic heterocycles. The molecule has 0 radical (unpaired) electrons. The van der Waals surface area contributed by atoms with E-state index in [9.17, 15) is 4.79 Å². The number of carbonyl (C=O) groups is 1. The number of amides is 1. The molecule has 30 heavy (non-hydrogen) atoms. The number of aryl methyl sites for hydroxylation is 1. The van der Waals surface area contributed by atoms with E-state index in [0.717, 1.165) is 49.7 Å². The van der Waals surface area contributed by atoms with Crippen LogP contribution in [0.15, 0.2) is 22.6 Å². The summed E-state index contributed by atoms with van der Waals surface area (Å²) in [5.41, 5.74) is 0.905. The zero-order chi connectivity index (χ0) is 21.5. The van der Waals surface area contributed by atoms with Gasteiger partial charge in [0.2, 0.25) is 17.7 Å². The third-order valence-corrected chi connectivity index (χ3v) is 5.74. The molecule has 1 aromatic heterocycles. The molecule has 164 valence electrons. The van der Waals surface area contributed by atoms with E-state index in [4.69, 9.17) is 13.9 Å². The number of aromatic nitrogens is 2. The zero-order valence-electron chi connectivity index (χ0n) is 18.4. The van der Waals surface area contributed by atoms with Gasteiger partial charge in [-0.25, -0.2) is 0 Å². The maximum atomic E-state index is 12.6. The first kappa shape index (κ1) is 22.1. The summed E-state index contributed by atoms with van der Waals surface area (Å²) in [5.74, 6) is 2.61. The van der Waals surface area contributed by atoms with E-state index in [2.05, 4.69) is 28.9 Å². The first-order valence-electron chi connectivity index (χ1n) is 10.6. The lowest BCUT2D eigenvalue weighted by molar-refractivity contribution is -0.130. The highest BCUT2D eigenvalue weighted by atomic mass is 16.5. The second-order valence-corrected chi connectivity index (χ2v) is 7.45. The normalized spacial score (nSPS) is 16.3. The molecule has 1 atom stereocenters. The molecule has 1 amide bonds. The van der Waals surface area contributed by atoms with Crippen molar-refractivity contribution in [2.45, 2.75) is 45.6 Å². The predicted octanol–water partition coefficient (Wildman–Crippen LogP) is 2.55. The molecule has 8 nitrogen and oxygen atoms in total. The fourth-order valence-electron chi connectivity index (χ4n) is 4.02. The highest BCUT2D eigenvalue weighted by molar-refractivity contribution is 5.76. The minimum atomic E-state index is 0.152. The summed E-state index contributed by atoms with van der Waals surface area (Å²) in [5, 5.41) is 8.24. The van der Waals surface area contributed by atoms with Crippen LogP contribution >= 0.6 is 0 Å². The number of benzene rings is 1. The molecule has 2 aromatic rings. The molecule has 0 bridgehead atoms. The fraction of sp³-hybridized carbons (Fsp3) is 0.591. The molecule has 1 saturated heterocycles. The van der Waals surface area contributed by atoms with Gasteiger partial charge in [-0.15, -0.1) is 10.2 Å². The van der Waals surface area contributed by atoms with Gasteiger partial charge in [0.1, 0.15) is 11.5 Å². The maximum absolute atomic E-state index is 12.6. The molecule has 0 saturated carbocycles. The Labute approximate surface area is 178 Å². The monoisotopic (exact) mass is 416 g/mol. The van der Waals surface area contributed by atoms with E-state index in [0.29, 0.717) is 37.1 Å². The summed E-state index contributed by atoms with van der Waals surface area (Å²) < 4.78 is 16.5. The third kappa shape index (κ3) is 5.30. The lowest BCUT2D eigenvalue weighted by Crippen LogP contribution is -2.38. The van der Waals surface area contributed by atoms with Crippen molar-refractivity contribution in [3.8, 4) is 11.5 Å². The number of likely N-dealkylation sites (N-methyl/N-ethyl adjacent to an activating group) is 1. The Morgan fingerprint density at radius 1 is 1.20 bits per heavy atom. The quantitative estimate of drug-likeness (QED) is 0.589. The van der Waals surface area contributed by atoms with E-state index < -0.39 is 0 Å². The van der Waals surface area contributed by atoms with Crippen molar-refractivity contribution < 1.29 is 18.7 Å². The molecule has 0 aliphatic carbocycles. The number of hydrogen-bond donors (Lipinski definition) is 0. The third-order valence-electron chi connectivity index (χ3n) is 5.74. The fourth-order valence-corrected chi connectivity index (χ4v) is 4.02. The van der Waals surface area contributed by atoms with Gasteiger partial charge in [-0.3, -0.25) is 9.69 Å². The summed E-state index contributed by atoms with van der Waals surface area (Å²) in [6.45, 7) is 8.01. The van der Waals surface area contributed by atoms with Crippen LogP contribution in [0.25, 0.3) is 0 Å². The number of carbonyl (C=O) groups excluding carboxylic acids is 1. The first-order chi connectivity index (χ1) is 14.6. The summed E-state index contributed by atoms with van der Waals surface area (Å²) in [6.07, 6.45) is 2.32. The van der Waals surface area contributed by atoms with Crippen LogP contribution in [0.2, 0.25) is 0 Å². The van der Waals surface area contributed by atoms with Gasteiger partial charge in [-0.05, 0) is 37.7 Å². The molecular weight excluding hydrogens is 384 g/mol. The second kappa shape index (κ2) is 10.4. The maximum Gasteiger partial charge on any atom is 0.223 e. The van der Waals surface area contributed by atoms with Crippen LogP contribution in [0, 0.1) is 0 Å². The Balaban J connectivity index is 1.53. The van der Waals surface area contributed by atoms with E-state index in [1.807, 2.05) is 23.1 Å². The van der Waals surface area contributed by atoms with E-state index in [-0.39, 0.29) is 5.91 Å². The molecule has 2 heterocycles. The zero-order valence-corrected chi connectivity index (χ0v) is 18.4. The second-order valence-electron chi connectivity index (χ2n) is 7.45. The minimum absolute atomic E-state index is 0.152. The van der Waals surface area contributed by atoms with Crippen LogP contribution in [0.1, 0.15) is 44.0 Å². The minimum Gasteiger partial charge on any atom is -0.497 e. The van der Waals surface area contributed by atoms with Gasteiger partial charge in [-0.2, -0.15) is 0 Å². The Bertz CT molecular complexity index is 834. The van der Waals surface area contributed by atoms with Crippen LogP contribution in [-0.4, -0.2) is 72.3 Å². The van der Waals surface area contributed by atoms with Crippen LogP contribution in [0.5, 0.6) is 11.5 Å². The molecule has 1 aromatic carbocycles. The van der Waals surface area contributed by atoms with Gasteiger partial charge >= 0.3 is 0 Å². The van der Waals surface area contributed by atoms with Crippen LogP contribution < -0.4 is 9.47 Å². The standard InChI is InChI=1S/C22H32N4O4/c1-5-25(6-2)17-11-12-26(15-17)22(27)10-9-20-23-24-21(30-20)14-16-13-18(28-3)7-8-19(16)29-4/h7-8,13,17H,5-6,9-12,14-15H2,1-4H3/t17-/m1/s1. The number of methoxy groups -OCH3 is 2. The Kier molecular flexibility index (Phi) is 7.68. The lowest BCUT2D eigenvalue weighted by Gasteiger charge is -2.26. The highest BCUT2D eigenvalue weighted by Crippen LogP contribution is 2.26. The molecule has 0 N–H and O–H groups in total. The van der Waals surface area contributed by atoms with Crippen molar-refractivity contribution in [3.05, 3.63) is 35.5 Å². The number of rotatable bonds is 10. The Morgan fingerprint density at radius 2 is 1.97 bits per heavy atom. The Hall–Kier alpha value is -2.61. The first-order valence-corrected chi connectivity index (χ1v) is 10.6. The van der Waals surface area contributed by atoms with Gasteiger partial charge in [0, 0.05) is 37.5 Å². The topological polar surface area (TPSA) is 80.9 Å². The lowest BCUT2D eigenvalue weighted by atomic mass is 10.1. The molecule has 0 spiro atoms. The van der Waals surface area contributed by atoms with Crippen molar-refractivity contribution in [1.29, 1.82) is 0 Å². The molecule has 1 aliphatic rings. The van der Waals surface area contributed by atoms with Crippen LogP contribution in [-0.2, 0) is 17.6 Å². The van der Waals surface area contributed by atoms with Gasteiger partial charge in [-0.1, -0.05) is 13.8 Å². The van der Waals surface area contributed by atoms with Crippen molar-refractivity contribution in [2.24, 2.45) is 0 Å². The molecule has 8 heteroatoms. The SMILES string of the molecule is CCN(CC)[C@@H]1CCN(C(=O)CCc2nnc(Cc3cc(OC)ccc3OC)o2)C1. The van der Waals surface area contributed by atoms with Gasteiger partial charge in [0.05, 0.1) is 20.6 Å². The number of nitrogens with zero attached hydrogens (tertiary/aromatic N) is 4. The van der Waals surface area contributed by atoms with Gasteiger partial charge in [0.25, 0.3) is 0 Å². The van der Waals surface area contributed by atoms with Crippen molar-refractivity contribution in [2.75, 3.05) is 40.4 Å². The van der Waals surface area contributed by atoms with Crippen molar-refractivity contribution in [1.82, 2.24) is 20.0 Å². The Morgan fingerprint density at radius 3 is 2.67 bits per heavy atom. The number of hydrogen-bond acceptors (Lipinski definition) is 7. The molecule has 1 fully saturated rings. The molecule has 0 unspecified atom stereocenters. The summed E-state index contributed by atoms with van der Waals surface area (Å²) in [6, 6.07) is 6.06. The average molecular weight is 417 g/mol. The smallest absolute Gasteiger partial charge is 0.223 e. The van der Waals surface area contributed by atoms with Crippen LogP contribution in [0.3, 0.4) is 0 Å². The highest BCUT2D eigenvalue weighted by Gasteiger charge is 2.29. The van der Waals surface area contributed by atoms with Gasteiger partial charge in [0.15, 0.2) is 0 Å². The van der Waals surface area contributed by atoms with Crippen molar-refractivity contribution >= 4 is 5.91 Å². The number of likely N-dealkylation sites (tertiary alicyclic amines) is 1. The summed E-state index contributed by atoms with van der Waals surface area (Å²) in [4.78, 5) is 17.0. The van der Waals surface area contributed by atoms with Gasteiger partial charge < -0.3 is 18.8 Å². The predicted molar refractivity (Wildman–Crippen MR) is 113 cm³/mol. The largest absolute Gasteiger partial charge is 0.497 e. The van der Waals surface area contributed by atoms with E-state index >= 15 is 0 Å². The van der Waals surface area contributed by atoms with Crippen LogP contribution in [0.4, 0.5) is 0 Å². The summed E-state index contributed by atoms with van der Waals surface area (Å²) >= 11 is 0. The van der Waals surface area contributed by atoms with E-state index in [1.165, 1.54) is 0 Å². The average Bonchev–Trinajstić information content (AvgIpc) is 3.43. The van der Waals surface area contributed by atoms with E-state index in [1.54, 1.807) is 14.2 Å². The summed E-state index contributed by atoms with van der Waals surface area (Å²) in [7, 11) is 3.25.